The summed E-state index contributed by atoms with van der Waals surface area (Å²) in [5.74, 6) is -0.0783. The van der Waals surface area contributed by atoms with Gasteiger partial charge in [-0.1, -0.05) is 11.6 Å². The molecule has 2 aliphatic heterocycles. The van der Waals surface area contributed by atoms with Gasteiger partial charge in [-0.05, 0) is 31.0 Å². The standard InChI is InChI=1S/C15H16ClN3O4/c1-23-11-3-2-9(16)8-10(11)12(20)19-6-4-15(5-7-19)13(21)17-14(22)18-15/h2-3,8H,4-7H2,1H3,(H2,17,18,21,22). The van der Waals surface area contributed by atoms with E-state index in [9.17, 15) is 14.4 Å². The van der Waals surface area contributed by atoms with Crippen molar-refractivity contribution in [3.05, 3.63) is 28.8 Å². The first kappa shape index (κ1) is 15.6. The number of carbonyl (C=O) groups is 3. The third kappa shape index (κ3) is 2.72. The van der Waals surface area contributed by atoms with E-state index in [4.69, 9.17) is 16.3 Å². The molecule has 4 amide bonds. The average molecular weight is 338 g/mol. The predicted octanol–water partition coefficient (Wildman–Crippen LogP) is 1.16. The second kappa shape index (κ2) is 5.73. The van der Waals surface area contributed by atoms with Gasteiger partial charge in [-0.25, -0.2) is 4.79 Å². The molecule has 0 radical (unpaired) electrons. The van der Waals surface area contributed by atoms with E-state index in [0.717, 1.165) is 0 Å². The number of nitrogens with one attached hydrogen (secondary N) is 2. The van der Waals surface area contributed by atoms with Crippen molar-refractivity contribution in [2.75, 3.05) is 20.2 Å². The quantitative estimate of drug-likeness (QED) is 0.793. The van der Waals surface area contributed by atoms with Crippen LogP contribution in [0.25, 0.3) is 0 Å². The number of carbonyl (C=O) groups excluding carboxylic acids is 3. The summed E-state index contributed by atoms with van der Waals surface area (Å²) < 4.78 is 5.21. The molecule has 0 unspecified atom stereocenters. The van der Waals surface area contributed by atoms with Crippen molar-refractivity contribution >= 4 is 29.4 Å². The maximum Gasteiger partial charge on any atom is 0.322 e. The fraction of sp³-hybridized carbons (Fsp3) is 0.400. The first-order valence-electron chi connectivity index (χ1n) is 7.21. The molecule has 3 rings (SSSR count). The van der Waals surface area contributed by atoms with Crippen molar-refractivity contribution in [2.45, 2.75) is 18.4 Å². The number of methoxy groups -OCH3 is 1. The van der Waals surface area contributed by atoms with Gasteiger partial charge in [0.15, 0.2) is 0 Å². The Morgan fingerprint density at radius 1 is 1.30 bits per heavy atom. The van der Waals surface area contributed by atoms with Crippen LogP contribution < -0.4 is 15.4 Å². The number of ether oxygens (including phenoxy) is 1. The van der Waals surface area contributed by atoms with E-state index < -0.39 is 11.6 Å². The molecule has 0 bridgehead atoms. The minimum Gasteiger partial charge on any atom is -0.496 e. The number of rotatable bonds is 2. The topological polar surface area (TPSA) is 87.7 Å². The van der Waals surface area contributed by atoms with Crippen LogP contribution in [0.4, 0.5) is 4.79 Å². The summed E-state index contributed by atoms with van der Waals surface area (Å²) in [6.45, 7) is 0.727. The molecule has 0 aromatic heterocycles. The van der Waals surface area contributed by atoms with Gasteiger partial charge in [0, 0.05) is 18.1 Å². The minimum absolute atomic E-state index is 0.205. The number of benzene rings is 1. The summed E-state index contributed by atoms with van der Waals surface area (Å²) in [6, 6.07) is 4.38. The molecule has 0 atom stereocenters. The van der Waals surface area contributed by atoms with Gasteiger partial charge in [-0.3, -0.25) is 14.9 Å². The summed E-state index contributed by atoms with van der Waals surface area (Å²) in [7, 11) is 1.49. The zero-order chi connectivity index (χ0) is 16.6. The number of piperidine rings is 1. The number of likely N-dealkylation sites (tertiary alicyclic amines) is 1. The number of urea groups is 1. The Bertz CT molecular complexity index is 683. The lowest BCUT2D eigenvalue weighted by molar-refractivity contribution is -0.125. The lowest BCUT2D eigenvalue weighted by atomic mass is 9.87. The van der Waals surface area contributed by atoms with E-state index in [2.05, 4.69) is 10.6 Å². The van der Waals surface area contributed by atoms with Crippen molar-refractivity contribution in [2.24, 2.45) is 0 Å². The van der Waals surface area contributed by atoms with Crippen LogP contribution in [0.5, 0.6) is 5.75 Å². The van der Waals surface area contributed by atoms with E-state index >= 15 is 0 Å². The summed E-state index contributed by atoms with van der Waals surface area (Å²) in [6.07, 6.45) is 0.748. The van der Waals surface area contributed by atoms with Crippen LogP contribution in [0.2, 0.25) is 5.02 Å². The Hall–Kier alpha value is -2.28. The van der Waals surface area contributed by atoms with Crippen LogP contribution in [-0.2, 0) is 4.79 Å². The third-order valence-electron chi connectivity index (χ3n) is 4.31. The Morgan fingerprint density at radius 3 is 2.57 bits per heavy atom. The largest absolute Gasteiger partial charge is 0.496 e. The summed E-state index contributed by atoms with van der Waals surface area (Å²) in [5, 5.41) is 5.36. The van der Waals surface area contributed by atoms with Gasteiger partial charge in [-0.2, -0.15) is 0 Å². The van der Waals surface area contributed by atoms with Gasteiger partial charge in [0.25, 0.3) is 11.8 Å². The Morgan fingerprint density at radius 2 is 2.00 bits per heavy atom. The van der Waals surface area contributed by atoms with Crippen LogP contribution in [-0.4, -0.2) is 48.5 Å². The van der Waals surface area contributed by atoms with Crippen molar-refractivity contribution in [3.63, 3.8) is 0 Å². The van der Waals surface area contributed by atoms with E-state index in [1.807, 2.05) is 0 Å². The smallest absolute Gasteiger partial charge is 0.322 e. The average Bonchev–Trinajstić information content (AvgIpc) is 2.81. The predicted molar refractivity (Wildman–Crippen MR) is 82.5 cm³/mol. The van der Waals surface area contributed by atoms with Gasteiger partial charge in [0.05, 0.1) is 12.7 Å². The summed E-state index contributed by atoms with van der Waals surface area (Å²) >= 11 is 5.96. The summed E-state index contributed by atoms with van der Waals surface area (Å²) in [4.78, 5) is 37.6. The monoisotopic (exact) mass is 337 g/mol. The molecule has 1 aromatic rings. The Labute approximate surface area is 137 Å². The molecule has 0 saturated carbocycles. The maximum atomic E-state index is 12.7. The third-order valence-corrected chi connectivity index (χ3v) is 4.55. The highest BCUT2D eigenvalue weighted by Crippen LogP contribution is 2.29. The van der Waals surface area contributed by atoms with Crippen LogP contribution in [0.15, 0.2) is 18.2 Å². The zero-order valence-electron chi connectivity index (χ0n) is 12.5. The molecular weight excluding hydrogens is 322 g/mol. The molecule has 2 aliphatic rings. The molecule has 122 valence electrons. The van der Waals surface area contributed by atoms with Crippen LogP contribution in [0.3, 0.4) is 0 Å². The molecule has 2 saturated heterocycles. The van der Waals surface area contributed by atoms with Gasteiger partial charge < -0.3 is 15.0 Å². The maximum absolute atomic E-state index is 12.7. The number of hydrogen-bond donors (Lipinski definition) is 2. The first-order valence-corrected chi connectivity index (χ1v) is 7.59. The van der Waals surface area contributed by atoms with Crippen LogP contribution in [0.1, 0.15) is 23.2 Å². The van der Waals surface area contributed by atoms with Gasteiger partial charge in [0.1, 0.15) is 11.3 Å². The second-order valence-electron chi connectivity index (χ2n) is 5.63. The first-order chi connectivity index (χ1) is 10.9. The fourth-order valence-electron chi connectivity index (χ4n) is 2.99. The van der Waals surface area contributed by atoms with Gasteiger partial charge in [-0.15, -0.1) is 0 Å². The van der Waals surface area contributed by atoms with E-state index in [-0.39, 0.29) is 11.8 Å². The lowest BCUT2D eigenvalue weighted by Crippen LogP contribution is -2.55. The van der Waals surface area contributed by atoms with Gasteiger partial charge in [0.2, 0.25) is 0 Å². The SMILES string of the molecule is COc1ccc(Cl)cc1C(=O)N1CCC2(CC1)NC(=O)NC2=O. The number of imide groups is 1. The summed E-state index contributed by atoms with van der Waals surface area (Å²) in [5.41, 5.74) is -0.511. The molecule has 0 aliphatic carbocycles. The van der Waals surface area contributed by atoms with E-state index in [1.54, 1.807) is 23.1 Å². The van der Waals surface area contributed by atoms with Crippen LogP contribution >= 0.6 is 11.6 Å². The molecule has 2 fully saturated rings. The number of amides is 4. The van der Waals surface area contributed by atoms with E-state index in [0.29, 0.717) is 42.3 Å². The van der Waals surface area contributed by atoms with E-state index in [1.165, 1.54) is 7.11 Å². The van der Waals surface area contributed by atoms with Crippen molar-refractivity contribution in [3.8, 4) is 5.75 Å². The number of nitrogens with zero attached hydrogens (tertiary/aromatic N) is 1. The molecule has 23 heavy (non-hydrogen) atoms. The van der Waals surface area contributed by atoms with Gasteiger partial charge >= 0.3 is 6.03 Å². The normalized spacial score (nSPS) is 19.5. The zero-order valence-corrected chi connectivity index (χ0v) is 13.3. The molecule has 2 heterocycles. The van der Waals surface area contributed by atoms with Crippen LogP contribution in [0, 0.1) is 0 Å². The Kier molecular flexibility index (Phi) is 3.89. The minimum atomic E-state index is -0.897. The molecule has 8 heteroatoms. The number of halogens is 1. The highest BCUT2D eigenvalue weighted by Gasteiger charge is 2.48. The molecule has 1 spiro atoms. The molecule has 7 nitrogen and oxygen atoms in total. The Balaban J connectivity index is 1.75. The fourth-order valence-corrected chi connectivity index (χ4v) is 3.16. The van der Waals surface area contributed by atoms with Crippen molar-refractivity contribution in [1.82, 2.24) is 15.5 Å². The lowest BCUT2D eigenvalue weighted by Gasteiger charge is -2.37. The van der Waals surface area contributed by atoms with Crippen molar-refractivity contribution in [1.29, 1.82) is 0 Å². The highest BCUT2D eigenvalue weighted by molar-refractivity contribution is 6.31. The number of hydrogen-bond acceptors (Lipinski definition) is 4. The highest BCUT2D eigenvalue weighted by atomic mass is 35.5. The molecule has 2 N–H and O–H groups in total. The van der Waals surface area contributed by atoms with Crippen molar-refractivity contribution < 1.29 is 19.1 Å². The molecule has 1 aromatic carbocycles. The second-order valence-corrected chi connectivity index (χ2v) is 6.06. The molecular formula is C15H16ClN3O4.